The molecule has 2 aromatic rings. The minimum atomic E-state index is -3.14. The van der Waals surface area contributed by atoms with Crippen LogP contribution in [0.25, 0.3) is 0 Å². The number of esters is 1. The monoisotopic (exact) mass is 572 g/mol. The maximum absolute atomic E-state index is 12.5. The second-order valence-corrected chi connectivity index (χ2v) is 22.5. The Morgan fingerprint density at radius 3 is 1.74 bits per heavy atom. The van der Waals surface area contributed by atoms with E-state index >= 15 is 0 Å². The molecule has 1 N–H and O–H groups in total. The number of carbonyl (C=O) groups is 1. The normalized spacial score (nSPS) is 19.6. The zero-order valence-corrected chi connectivity index (χ0v) is 27.4. The highest BCUT2D eigenvalue weighted by Crippen LogP contribution is 2.44. The van der Waals surface area contributed by atoms with Crippen molar-refractivity contribution in [2.24, 2.45) is 0 Å². The summed E-state index contributed by atoms with van der Waals surface area (Å²) in [6, 6.07) is 20.5. The number of epoxide rings is 1. The summed E-state index contributed by atoms with van der Waals surface area (Å²) in [4.78, 5) is 12.5. The van der Waals surface area contributed by atoms with Crippen molar-refractivity contribution in [1.29, 1.82) is 0 Å². The second-order valence-electron chi connectivity index (χ2n) is 13.4. The van der Waals surface area contributed by atoms with Crippen LogP contribution in [0.3, 0.4) is 0 Å². The Morgan fingerprint density at radius 1 is 0.923 bits per heavy atom. The van der Waals surface area contributed by atoms with E-state index in [0.29, 0.717) is 6.61 Å². The third-order valence-electron chi connectivity index (χ3n) is 8.44. The van der Waals surface area contributed by atoms with Crippen LogP contribution < -0.4 is 10.4 Å². The third-order valence-corrected chi connectivity index (χ3v) is 18.1. The molecule has 1 aliphatic heterocycles. The Morgan fingerprint density at radius 2 is 1.38 bits per heavy atom. The SMILES string of the molecule is CC(=O)O[C@H](CO[Si](C)(C)C(C)(C)C)[C@](C)(O[Si](c1ccccc1)(c1ccccc1)C(C)(C)C)[C@@H](O)C1CO1. The molecule has 0 aliphatic carbocycles. The zero-order chi connectivity index (χ0) is 29.3. The van der Waals surface area contributed by atoms with Crippen molar-refractivity contribution in [3.63, 3.8) is 0 Å². The number of benzene rings is 2. The summed E-state index contributed by atoms with van der Waals surface area (Å²) in [5.41, 5.74) is -1.32. The maximum atomic E-state index is 12.5. The predicted octanol–water partition coefficient (Wildman–Crippen LogP) is 5.03. The van der Waals surface area contributed by atoms with Crippen LogP contribution in [-0.4, -0.2) is 64.8 Å². The van der Waals surface area contributed by atoms with E-state index in [1.165, 1.54) is 6.92 Å². The average Bonchev–Trinajstić information content (AvgIpc) is 3.69. The van der Waals surface area contributed by atoms with Gasteiger partial charge in [0.2, 0.25) is 0 Å². The summed E-state index contributed by atoms with van der Waals surface area (Å²) in [6.45, 7) is 21.2. The van der Waals surface area contributed by atoms with Gasteiger partial charge in [0.1, 0.15) is 17.8 Å². The number of ether oxygens (including phenoxy) is 2. The number of carbonyl (C=O) groups excluding carboxylic acids is 1. The number of aliphatic hydroxyl groups excluding tert-OH is 1. The Balaban J connectivity index is 2.23. The van der Waals surface area contributed by atoms with E-state index in [1.807, 2.05) is 43.3 Å². The average molecular weight is 573 g/mol. The first-order valence-corrected chi connectivity index (χ1v) is 18.7. The summed E-state index contributed by atoms with van der Waals surface area (Å²) >= 11 is 0. The molecule has 0 saturated carbocycles. The Hall–Kier alpha value is -1.82. The number of aliphatic hydroxyl groups is 1. The predicted molar refractivity (Wildman–Crippen MR) is 162 cm³/mol. The number of hydrogen-bond donors (Lipinski definition) is 1. The molecule has 2 aromatic carbocycles. The Kier molecular flexibility index (Phi) is 9.42. The highest BCUT2D eigenvalue weighted by molar-refractivity contribution is 6.99. The molecule has 1 heterocycles. The molecule has 0 spiro atoms. The largest absolute Gasteiger partial charge is 0.457 e. The van der Waals surface area contributed by atoms with Crippen LogP contribution in [-0.2, 0) is 23.1 Å². The topological polar surface area (TPSA) is 77.5 Å². The molecule has 1 saturated heterocycles. The molecule has 0 amide bonds. The van der Waals surface area contributed by atoms with Crippen molar-refractivity contribution >= 4 is 33.0 Å². The van der Waals surface area contributed by atoms with Gasteiger partial charge in [-0.25, -0.2) is 0 Å². The van der Waals surface area contributed by atoms with Gasteiger partial charge in [-0.05, 0) is 40.5 Å². The van der Waals surface area contributed by atoms with E-state index < -0.39 is 46.5 Å². The van der Waals surface area contributed by atoms with Gasteiger partial charge in [0.25, 0.3) is 8.32 Å². The Labute approximate surface area is 237 Å². The second kappa shape index (κ2) is 11.6. The molecule has 0 bridgehead atoms. The number of hydrogen-bond acceptors (Lipinski definition) is 6. The lowest BCUT2D eigenvalue weighted by molar-refractivity contribution is -0.179. The molecule has 0 aromatic heterocycles. The van der Waals surface area contributed by atoms with Gasteiger partial charge in [0.05, 0.1) is 13.2 Å². The van der Waals surface area contributed by atoms with E-state index in [0.717, 1.165) is 10.4 Å². The minimum absolute atomic E-state index is 0.0404. The fourth-order valence-corrected chi connectivity index (χ4v) is 10.8. The van der Waals surface area contributed by atoms with Crippen molar-refractivity contribution in [2.75, 3.05) is 13.2 Å². The molecule has 8 heteroatoms. The molecule has 39 heavy (non-hydrogen) atoms. The van der Waals surface area contributed by atoms with E-state index in [1.54, 1.807) is 0 Å². The van der Waals surface area contributed by atoms with Crippen molar-refractivity contribution in [3.8, 4) is 0 Å². The summed E-state index contributed by atoms with van der Waals surface area (Å²) in [5, 5.41) is 13.6. The molecular formula is C31H48O6Si2. The lowest BCUT2D eigenvalue weighted by Gasteiger charge is -2.52. The lowest BCUT2D eigenvalue weighted by atomic mass is 9.90. The van der Waals surface area contributed by atoms with Crippen molar-refractivity contribution in [2.45, 2.75) is 102 Å². The standard InChI is InChI=1S/C31H48O6Si2/c1-23(32)36-27(22-35-38(9,10)29(2,3)4)31(8,28(33)26-21-34-26)37-39(30(5,6)7,24-17-13-11-14-18-24)25-19-15-12-16-20-25/h11-20,26-28,33H,21-22H2,1-10H3/t26?,27-,28+,31+/m1/s1. The lowest BCUT2D eigenvalue weighted by Crippen LogP contribution is -2.73. The van der Waals surface area contributed by atoms with Crippen LogP contribution in [0.5, 0.6) is 0 Å². The summed E-state index contributed by atoms with van der Waals surface area (Å²) < 4.78 is 25.7. The van der Waals surface area contributed by atoms with Gasteiger partial charge >= 0.3 is 5.97 Å². The quantitative estimate of drug-likeness (QED) is 0.231. The Bertz CT molecular complexity index is 1050. The van der Waals surface area contributed by atoms with Gasteiger partial charge in [-0.2, -0.15) is 0 Å². The molecule has 0 radical (unpaired) electrons. The minimum Gasteiger partial charge on any atom is -0.457 e. The van der Waals surface area contributed by atoms with Crippen LogP contribution in [0.1, 0.15) is 55.4 Å². The van der Waals surface area contributed by atoms with Gasteiger partial charge in [0, 0.05) is 6.92 Å². The molecule has 3 rings (SSSR count). The van der Waals surface area contributed by atoms with Crippen molar-refractivity contribution in [1.82, 2.24) is 0 Å². The van der Waals surface area contributed by atoms with Gasteiger partial charge in [-0.1, -0.05) is 102 Å². The highest BCUT2D eigenvalue weighted by Gasteiger charge is 2.60. The van der Waals surface area contributed by atoms with Gasteiger partial charge < -0.3 is 23.4 Å². The molecule has 1 fully saturated rings. The summed E-state index contributed by atoms with van der Waals surface area (Å²) in [6.07, 6.45) is -2.30. The number of rotatable bonds is 11. The van der Waals surface area contributed by atoms with E-state index in [2.05, 4.69) is 78.9 Å². The summed E-state index contributed by atoms with van der Waals surface area (Å²) in [7, 11) is -5.36. The third kappa shape index (κ3) is 6.74. The van der Waals surface area contributed by atoms with Gasteiger partial charge in [-0.15, -0.1) is 0 Å². The van der Waals surface area contributed by atoms with Crippen LogP contribution >= 0.6 is 0 Å². The fourth-order valence-electron chi connectivity index (χ4n) is 4.92. The first-order valence-electron chi connectivity index (χ1n) is 13.9. The first-order chi connectivity index (χ1) is 18.0. The van der Waals surface area contributed by atoms with Crippen LogP contribution in [0.4, 0.5) is 0 Å². The molecule has 216 valence electrons. The maximum Gasteiger partial charge on any atom is 0.303 e. The smallest absolute Gasteiger partial charge is 0.303 e. The summed E-state index contributed by atoms with van der Waals surface area (Å²) in [5.74, 6) is -0.444. The van der Waals surface area contributed by atoms with Crippen LogP contribution in [0.2, 0.25) is 23.2 Å². The van der Waals surface area contributed by atoms with E-state index in [4.69, 9.17) is 18.3 Å². The van der Waals surface area contributed by atoms with Crippen molar-refractivity contribution < 1.29 is 28.2 Å². The van der Waals surface area contributed by atoms with E-state index in [-0.39, 0.29) is 16.7 Å². The highest BCUT2D eigenvalue weighted by atomic mass is 28.4. The molecule has 6 nitrogen and oxygen atoms in total. The van der Waals surface area contributed by atoms with E-state index in [9.17, 15) is 9.90 Å². The van der Waals surface area contributed by atoms with Crippen LogP contribution in [0, 0.1) is 0 Å². The van der Waals surface area contributed by atoms with Crippen LogP contribution in [0.15, 0.2) is 60.7 Å². The van der Waals surface area contributed by atoms with Gasteiger partial charge in [-0.3, -0.25) is 4.79 Å². The molecule has 1 aliphatic rings. The molecule has 4 atom stereocenters. The first kappa shape index (κ1) is 31.7. The zero-order valence-electron chi connectivity index (χ0n) is 25.4. The van der Waals surface area contributed by atoms with Crippen molar-refractivity contribution in [3.05, 3.63) is 60.7 Å². The van der Waals surface area contributed by atoms with Gasteiger partial charge in [0.15, 0.2) is 14.4 Å². The molecular weight excluding hydrogens is 525 g/mol. The fraction of sp³-hybridized carbons (Fsp3) is 0.581. The molecule has 1 unspecified atom stereocenters.